The second kappa shape index (κ2) is 4.85. The van der Waals surface area contributed by atoms with Gasteiger partial charge in [-0.2, -0.15) is 12.6 Å². The van der Waals surface area contributed by atoms with Gasteiger partial charge in [-0.1, -0.05) is 6.92 Å². The molecule has 2 aromatic rings. The maximum absolute atomic E-state index is 11.6. The Morgan fingerprint density at radius 1 is 1.45 bits per heavy atom. The number of aromatic amines is 1. The maximum Gasteiger partial charge on any atom is 0.278 e. The standard InChI is InChI=1S/C11H14N4O4S/c1-4(20)8-6(16)7(17)11(19-8)15-3-14-5-9(15)12-2-13-10(5)18/h2-4,6-8,11,16-17,20H,1H3,(H,12,13,18)/t4?,6-,7+,8+,11+/m0/s1. The van der Waals surface area contributed by atoms with Gasteiger partial charge in [0.1, 0.15) is 18.3 Å². The van der Waals surface area contributed by atoms with Crippen LogP contribution in [0, 0.1) is 0 Å². The smallest absolute Gasteiger partial charge is 0.278 e. The van der Waals surface area contributed by atoms with Gasteiger partial charge in [0.15, 0.2) is 17.4 Å². The number of hydrogen-bond acceptors (Lipinski definition) is 7. The van der Waals surface area contributed by atoms with Crippen LogP contribution in [0.3, 0.4) is 0 Å². The van der Waals surface area contributed by atoms with Crippen molar-refractivity contribution in [3.8, 4) is 0 Å². The van der Waals surface area contributed by atoms with E-state index < -0.39 is 24.5 Å². The van der Waals surface area contributed by atoms with E-state index in [4.69, 9.17) is 4.74 Å². The highest BCUT2D eigenvalue weighted by atomic mass is 32.1. The van der Waals surface area contributed by atoms with Crippen LogP contribution in [0.25, 0.3) is 11.2 Å². The summed E-state index contributed by atoms with van der Waals surface area (Å²) in [5.41, 5.74) is 0.0681. The predicted molar refractivity (Wildman–Crippen MR) is 72.5 cm³/mol. The van der Waals surface area contributed by atoms with Crippen LogP contribution in [0.4, 0.5) is 0 Å². The van der Waals surface area contributed by atoms with Gasteiger partial charge in [0.25, 0.3) is 5.56 Å². The van der Waals surface area contributed by atoms with Crippen LogP contribution in [0.5, 0.6) is 0 Å². The Bertz CT molecular complexity index is 684. The second-order valence-corrected chi connectivity index (χ2v) is 5.58. The number of imidazole rings is 1. The normalized spacial score (nSPS) is 31.8. The molecule has 3 heterocycles. The summed E-state index contributed by atoms with van der Waals surface area (Å²) in [6.07, 6.45) is -1.07. The lowest BCUT2D eigenvalue weighted by Gasteiger charge is -2.17. The van der Waals surface area contributed by atoms with Gasteiger partial charge >= 0.3 is 0 Å². The summed E-state index contributed by atoms with van der Waals surface area (Å²) in [5.74, 6) is 0. The molecule has 0 spiro atoms. The number of aromatic nitrogens is 4. The predicted octanol–water partition coefficient (Wildman–Crippen LogP) is -0.943. The van der Waals surface area contributed by atoms with E-state index in [0.717, 1.165) is 0 Å². The molecule has 5 atom stereocenters. The quantitative estimate of drug-likeness (QED) is 0.532. The monoisotopic (exact) mass is 298 g/mol. The topological polar surface area (TPSA) is 113 Å². The lowest BCUT2D eigenvalue weighted by Crippen LogP contribution is -2.35. The van der Waals surface area contributed by atoms with Crippen LogP contribution in [-0.2, 0) is 4.74 Å². The third kappa shape index (κ3) is 1.94. The van der Waals surface area contributed by atoms with Crippen molar-refractivity contribution < 1.29 is 14.9 Å². The van der Waals surface area contributed by atoms with E-state index >= 15 is 0 Å². The molecule has 0 aromatic carbocycles. The van der Waals surface area contributed by atoms with Gasteiger partial charge in [0, 0.05) is 5.25 Å². The summed E-state index contributed by atoms with van der Waals surface area (Å²) < 4.78 is 7.07. The molecule has 3 rings (SSSR count). The number of aliphatic hydroxyl groups excluding tert-OH is 2. The number of nitrogens with zero attached hydrogens (tertiary/aromatic N) is 3. The number of aliphatic hydroxyl groups is 2. The second-order valence-electron chi connectivity index (χ2n) is 4.77. The molecule has 9 heteroatoms. The number of ether oxygens (including phenoxy) is 1. The lowest BCUT2D eigenvalue weighted by atomic mass is 10.1. The number of thiol groups is 1. The number of nitrogens with one attached hydrogen (secondary N) is 1. The summed E-state index contributed by atoms with van der Waals surface area (Å²) in [5, 5.41) is 19.8. The van der Waals surface area contributed by atoms with Crippen LogP contribution < -0.4 is 5.56 Å². The molecule has 108 valence electrons. The van der Waals surface area contributed by atoms with E-state index in [1.54, 1.807) is 6.92 Å². The van der Waals surface area contributed by atoms with Crippen molar-refractivity contribution in [2.24, 2.45) is 0 Å². The highest BCUT2D eigenvalue weighted by Crippen LogP contribution is 2.33. The van der Waals surface area contributed by atoms with Crippen molar-refractivity contribution in [2.75, 3.05) is 0 Å². The summed E-state index contributed by atoms with van der Waals surface area (Å²) >= 11 is 4.23. The fourth-order valence-corrected chi connectivity index (χ4v) is 2.61. The van der Waals surface area contributed by atoms with Gasteiger partial charge in [-0.05, 0) is 0 Å². The zero-order valence-corrected chi connectivity index (χ0v) is 11.4. The molecular formula is C11H14N4O4S. The minimum Gasteiger partial charge on any atom is -0.387 e. The minimum absolute atomic E-state index is 0.153. The third-order valence-corrected chi connectivity index (χ3v) is 3.68. The van der Waals surface area contributed by atoms with E-state index in [1.807, 2.05) is 0 Å². The molecule has 0 aliphatic carbocycles. The Kier molecular flexibility index (Phi) is 3.28. The molecule has 1 saturated heterocycles. The Balaban J connectivity index is 2.04. The number of H-pyrrole nitrogens is 1. The molecule has 1 aliphatic rings. The average molecular weight is 298 g/mol. The molecule has 1 fully saturated rings. The highest BCUT2D eigenvalue weighted by Gasteiger charge is 2.45. The maximum atomic E-state index is 11.6. The van der Waals surface area contributed by atoms with Crippen LogP contribution in [0.15, 0.2) is 17.4 Å². The molecule has 0 bridgehead atoms. The first-order valence-corrected chi connectivity index (χ1v) is 6.62. The fourth-order valence-electron chi connectivity index (χ4n) is 2.36. The van der Waals surface area contributed by atoms with Crippen LogP contribution in [0.2, 0.25) is 0 Å². The molecule has 20 heavy (non-hydrogen) atoms. The summed E-state index contributed by atoms with van der Waals surface area (Å²) in [6, 6.07) is 0. The number of rotatable bonds is 2. The SMILES string of the molecule is CC(S)[C@H]1O[C@@H](n2cnc3c(=O)[nH]cnc32)[C@H](O)[C@@H]1O. The molecule has 1 unspecified atom stereocenters. The Labute approximate surface area is 118 Å². The first-order chi connectivity index (χ1) is 9.50. The van der Waals surface area contributed by atoms with Crippen molar-refractivity contribution in [1.29, 1.82) is 0 Å². The van der Waals surface area contributed by atoms with Gasteiger partial charge in [-0.3, -0.25) is 9.36 Å². The van der Waals surface area contributed by atoms with Gasteiger partial charge in [0.2, 0.25) is 0 Å². The van der Waals surface area contributed by atoms with Crippen molar-refractivity contribution in [3.63, 3.8) is 0 Å². The molecule has 0 amide bonds. The van der Waals surface area contributed by atoms with Gasteiger partial charge < -0.3 is 19.9 Å². The lowest BCUT2D eigenvalue weighted by molar-refractivity contribution is -0.0338. The van der Waals surface area contributed by atoms with Crippen LogP contribution >= 0.6 is 12.6 Å². The van der Waals surface area contributed by atoms with Crippen molar-refractivity contribution in [3.05, 3.63) is 23.0 Å². The Morgan fingerprint density at radius 2 is 2.20 bits per heavy atom. The number of fused-ring (bicyclic) bond motifs is 1. The Morgan fingerprint density at radius 3 is 2.85 bits per heavy atom. The number of hydrogen-bond donors (Lipinski definition) is 4. The highest BCUT2D eigenvalue weighted by molar-refractivity contribution is 7.81. The van der Waals surface area contributed by atoms with E-state index in [-0.39, 0.29) is 22.0 Å². The molecule has 3 N–H and O–H groups in total. The third-order valence-electron chi connectivity index (χ3n) is 3.39. The Hall–Kier alpha value is -1.42. The van der Waals surface area contributed by atoms with Crippen LogP contribution in [-0.4, -0.2) is 53.3 Å². The summed E-state index contributed by atoms with van der Waals surface area (Å²) in [4.78, 5) is 22.0. The first-order valence-electron chi connectivity index (χ1n) is 6.10. The minimum atomic E-state index is -1.15. The molecule has 8 nitrogen and oxygen atoms in total. The van der Waals surface area contributed by atoms with E-state index in [9.17, 15) is 15.0 Å². The van der Waals surface area contributed by atoms with Crippen LogP contribution in [0.1, 0.15) is 13.2 Å². The zero-order valence-electron chi connectivity index (χ0n) is 10.5. The van der Waals surface area contributed by atoms with E-state index in [2.05, 4.69) is 27.6 Å². The largest absolute Gasteiger partial charge is 0.387 e. The summed E-state index contributed by atoms with van der Waals surface area (Å²) in [7, 11) is 0. The molecule has 2 aromatic heterocycles. The molecular weight excluding hydrogens is 284 g/mol. The fraction of sp³-hybridized carbons (Fsp3) is 0.545. The van der Waals surface area contributed by atoms with Crippen molar-refractivity contribution in [1.82, 2.24) is 19.5 Å². The van der Waals surface area contributed by atoms with Gasteiger partial charge in [0.05, 0.1) is 12.7 Å². The zero-order chi connectivity index (χ0) is 14.4. The average Bonchev–Trinajstić information content (AvgIpc) is 2.94. The van der Waals surface area contributed by atoms with Crippen molar-refractivity contribution in [2.45, 2.75) is 36.7 Å². The van der Waals surface area contributed by atoms with E-state index in [0.29, 0.717) is 0 Å². The first kappa shape index (κ1) is 13.6. The molecule has 0 saturated carbocycles. The summed E-state index contributed by atoms with van der Waals surface area (Å²) in [6.45, 7) is 1.76. The van der Waals surface area contributed by atoms with E-state index in [1.165, 1.54) is 17.2 Å². The van der Waals surface area contributed by atoms with Gasteiger partial charge in [-0.15, -0.1) is 0 Å². The van der Waals surface area contributed by atoms with Crippen molar-refractivity contribution >= 4 is 23.8 Å². The molecule has 0 radical (unpaired) electrons. The molecule has 1 aliphatic heterocycles. The van der Waals surface area contributed by atoms with Gasteiger partial charge in [-0.25, -0.2) is 9.97 Å².